The standard InChI is InChI=1S/C16H18O3S/c1-13-8-10-16(11-9-13)20(17,18)19-14(2)12-15-6-4-3-5-7-15/h3-11,14H,12H2,1-2H3/t14-/m0/s1. The zero-order valence-corrected chi connectivity index (χ0v) is 12.4. The Morgan fingerprint density at radius 1 is 1.00 bits per heavy atom. The van der Waals surface area contributed by atoms with Crippen molar-refractivity contribution in [1.29, 1.82) is 0 Å². The Balaban J connectivity index is 2.06. The van der Waals surface area contributed by atoms with Gasteiger partial charge in [0.15, 0.2) is 0 Å². The molecule has 0 fully saturated rings. The third-order valence-corrected chi connectivity index (χ3v) is 4.40. The Kier molecular flexibility index (Phi) is 4.57. The van der Waals surface area contributed by atoms with Gasteiger partial charge < -0.3 is 0 Å². The van der Waals surface area contributed by atoms with Gasteiger partial charge in [0.1, 0.15) is 0 Å². The van der Waals surface area contributed by atoms with Crippen LogP contribution in [0.3, 0.4) is 0 Å². The van der Waals surface area contributed by atoms with Crippen LogP contribution in [0.1, 0.15) is 18.1 Å². The highest BCUT2D eigenvalue weighted by Gasteiger charge is 2.19. The van der Waals surface area contributed by atoms with E-state index < -0.39 is 16.2 Å². The summed E-state index contributed by atoms with van der Waals surface area (Å²) in [6.07, 6.45) is 0.162. The van der Waals surface area contributed by atoms with Crippen molar-refractivity contribution >= 4 is 10.1 Å². The lowest BCUT2D eigenvalue weighted by atomic mass is 10.1. The van der Waals surface area contributed by atoms with E-state index in [-0.39, 0.29) is 4.90 Å². The van der Waals surface area contributed by atoms with Crippen LogP contribution in [0.4, 0.5) is 0 Å². The third kappa shape index (κ3) is 3.92. The van der Waals surface area contributed by atoms with Gasteiger partial charge in [-0.15, -0.1) is 0 Å². The van der Waals surface area contributed by atoms with Crippen LogP contribution in [0.15, 0.2) is 59.5 Å². The maximum absolute atomic E-state index is 12.1. The number of hydrogen-bond acceptors (Lipinski definition) is 3. The van der Waals surface area contributed by atoms with Crippen LogP contribution < -0.4 is 0 Å². The van der Waals surface area contributed by atoms with E-state index in [1.54, 1.807) is 31.2 Å². The lowest BCUT2D eigenvalue weighted by molar-refractivity contribution is 0.229. The van der Waals surface area contributed by atoms with E-state index in [1.807, 2.05) is 37.3 Å². The number of benzene rings is 2. The van der Waals surface area contributed by atoms with Crippen molar-refractivity contribution in [2.45, 2.75) is 31.3 Å². The molecule has 0 aliphatic rings. The Morgan fingerprint density at radius 2 is 1.60 bits per heavy atom. The van der Waals surface area contributed by atoms with Crippen LogP contribution in [-0.2, 0) is 20.7 Å². The van der Waals surface area contributed by atoms with Gasteiger partial charge in [-0.25, -0.2) is 0 Å². The van der Waals surface area contributed by atoms with Gasteiger partial charge in [-0.1, -0.05) is 48.0 Å². The molecule has 3 nitrogen and oxygen atoms in total. The first-order chi connectivity index (χ1) is 9.47. The molecule has 2 rings (SSSR count). The summed E-state index contributed by atoms with van der Waals surface area (Å²) >= 11 is 0. The van der Waals surface area contributed by atoms with E-state index >= 15 is 0 Å². The number of aryl methyl sites for hydroxylation is 1. The molecule has 0 bridgehead atoms. The second-order valence-corrected chi connectivity index (χ2v) is 6.44. The van der Waals surface area contributed by atoms with Crippen LogP contribution in [0.5, 0.6) is 0 Å². The molecule has 106 valence electrons. The van der Waals surface area contributed by atoms with Gasteiger partial charge in [0.25, 0.3) is 10.1 Å². The molecule has 0 saturated carbocycles. The van der Waals surface area contributed by atoms with Crippen molar-refractivity contribution in [3.63, 3.8) is 0 Å². The van der Waals surface area contributed by atoms with E-state index in [9.17, 15) is 8.42 Å². The Labute approximate surface area is 120 Å². The topological polar surface area (TPSA) is 43.4 Å². The minimum absolute atomic E-state index is 0.197. The van der Waals surface area contributed by atoms with E-state index in [0.717, 1.165) is 11.1 Å². The molecule has 2 aromatic rings. The molecule has 0 radical (unpaired) electrons. The molecule has 2 aromatic carbocycles. The lowest BCUT2D eigenvalue weighted by Crippen LogP contribution is -2.17. The first-order valence-corrected chi connectivity index (χ1v) is 7.92. The van der Waals surface area contributed by atoms with Crippen molar-refractivity contribution in [3.05, 3.63) is 65.7 Å². The van der Waals surface area contributed by atoms with Crippen LogP contribution >= 0.6 is 0 Å². The van der Waals surface area contributed by atoms with Gasteiger partial charge in [-0.2, -0.15) is 8.42 Å². The first kappa shape index (κ1) is 14.8. The highest BCUT2D eigenvalue weighted by Crippen LogP contribution is 2.16. The van der Waals surface area contributed by atoms with E-state index in [2.05, 4.69) is 0 Å². The highest BCUT2D eigenvalue weighted by atomic mass is 32.2. The van der Waals surface area contributed by atoms with Gasteiger partial charge in [0.2, 0.25) is 0 Å². The zero-order valence-electron chi connectivity index (χ0n) is 11.6. The highest BCUT2D eigenvalue weighted by molar-refractivity contribution is 7.86. The van der Waals surface area contributed by atoms with E-state index in [1.165, 1.54) is 0 Å². The average molecular weight is 290 g/mol. The summed E-state index contributed by atoms with van der Waals surface area (Å²) in [5, 5.41) is 0. The lowest BCUT2D eigenvalue weighted by Gasteiger charge is -2.13. The monoisotopic (exact) mass is 290 g/mol. The second-order valence-electron chi connectivity index (χ2n) is 4.86. The molecule has 0 heterocycles. The van der Waals surface area contributed by atoms with Crippen molar-refractivity contribution in [2.75, 3.05) is 0 Å². The molecule has 0 saturated heterocycles. The maximum Gasteiger partial charge on any atom is 0.297 e. The summed E-state index contributed by atoms with van der Waals surface area (Å²) in [5.74, 6) is 0. The summed E-state index contributed by atoms with van der Waals surface area (Å²) in [5.41, 5.74) is 2.07. The summed E-state index contributed by atoms with van der Waals surface area (Å²) < 4.78 is 29.5. The summed E-state index contributed by atoms with van der Waals surface area (Å²) in [6.45, 7) is 3.67. The molecule has 0 aromatic heterocycles. The van der Waals surface area contributed by atoms with Crippen LogP contribution in [0.25, 0.3) is 0 Å². The predicted octanol–water partition coefficient (Wildman–Crippen LogP) is 3.33. The van der Waals surface area contributed by atoms with E-state index in [0.29, 0.717) is 6.42 Å². The van der Waals surface area contributed by atoms with Crippen molar-refractivity contribution < 1.29 is 12.6 Å². The minimum atomic E-state index is -3.70. The Bertz CT molecular complexity index is 646. The second kappa shape index (κ2) is 6.20. The van der Waals surface area contributed by atoms with Gasteiger partial charge in [0, 0.05) is 0 Å². The molecule has 4 heteroatoms. The normalized spacial score (nSPS) is 13.1. The molecule has 1 atom stereocenters. The first-order valence-electron chi connectivity index (χ1n) is 6.51. The summed E-state index contributed by atoms with van der Waals surface area (Å²) in [6, 6.07) is 16.4. The zero-order chi connectivity index (χ0) is 14.6. The Hall–Kier alpha value is -1.65. The predicted molar refractivity (Wildman–Crippen MR) is 79.1 cm³/mol. The third-order valence-electron chi connectivity index (χ3n) is 2.97. The molecule has 0 N–H and O–H groups in total. The molecular formula is C16H18O3S. The van der Waals surface area contributed by atoms with Crippen molar-refractivity contribution in [2.24, 2.45) is 0 Å². The maximum atomic E-state index is 12.1. The van der Waals surface area contributed by atoms with Crippen LogP contribution in [0, 0.1) is 6.92 Å². The van der Waals surface area contributed by atoms with Crippen molar-refractivity contribution in [3.8, 4) is 0 Å². The summed E-state index contributed by atoms with van der Waals surface area (Å²) in [7, 11) is -3.70. The molecule has 0 aliphatic heterocycles. The fraction of sp³-hybridized carbons (Fsp3) is 0.250. The quantitative estimate of drug-likeness (QED) is 0.793. The molecule has 0 aliphatic carbocycles. The fourth-order valence-corrected chi connectivity index (χ4v) is 3.04. The van der Waals surface area contributed by atoms with Gasteiger partial charge >= 0.3 is 0 Å². The van der Waals surface area contributed by atoms with Crippen molar-refractivity contribution in [1.82, 2.24) is 0 Å². The van der Waals surface area contributed by atoms with Crippen LogP contribution in [-0.4, -0.2) is 14.5 Å². The SMILES string of the molecule is Cc1ccc(S(=O)(=O)O[C@@H](C)Cc2ccccc2)cc1. The molecule has 20 heavy (non-hydrogen) atoms. The van der Waals surface area contributed by atoms with Gasteiger partial charge in [0.05, 0.1) is 11.0 Å². The molecule has 0 amide bonds. The largest absolute Gasteiger partial charge is 0.297 e. The minimum Gasteiger partial charge on any atom is -0.263 e. The van der Waals surface area contributed by atoms with Crippen LogP contribution in [0.2, 0.25) is 0 Å². The number of hydrogen-bond donors (Lipinski definition) is 0. The molecule has 0 spiro atoms. The smallest absolute Gasteiger partial charge is 0.263 e. The number of rotatable bonds is 5. The summed E-state index contributed by atoms with van der Waals surface area (Å²) in [4.78, 5) is 0.197. The fourth-order valence-electron chi connectivity index (χ4n) is 1.96. The molecular weight excluding hydrogens is 272 g/mol. The average Bonchev–Trinajstić information content (AvgIpc) is 2.39. The van der Waals surface area contributed by atoms with Gasteiger partial charge in [-0.3, -0.25) is 4.18 Å². The Morgan fingerprint density at radius 3 is 2.20 bits per heavy atom. The van der Waals surface area contributed by atoms with E-state index in [4.69, 9.17) is 4.18 Å². The molecule has 0 unspecified atom stereocenters. The van der Waals surface area contributed by atoms with Gasteiger partial charge in [-0.05, 0) is 38.0 Å².